The molecule has 2 aromatic rings. The van der Waals surface area contributed by atoms with E-state index in [9.17, 15) is 4.79 Å². The number of amides is 1. The summed E-state index contributed by atoms with van der Waals surface area (Å²) in [6.45, 7) is 8.32. The molecular weight excluding hydrogens is 264 g/mol. The van der Waals surface area contributed by atoms with Crippen LogP contribution in [0.1, 0.15) is 35.5 Å². The summed E-state index contributed by atoms with van der Waals surface area (Å²) in [4.78, 5) is 11.1. The maximum atomic E-state index is 11.1. The maximum Gasteiger partial charge on any atom is 0.269 e. The van der Waals surface area contributed by atoms with Crippen molar-refractivity contribution in [3.8, 4) is 5.69 Å². The SMILES string of the molecule is Cc1cc(-n2ccc(C(N)=O)n2)ccc1CNCC(C)C. The fourth-order valence-corrected chi connectivity index (χ4v) is 2.12. The number of carbonyl (C=O) groups excluding carboxylic acids is 1. The summed E-state index contributed by atoms with van der Waals surface area (Å²) in [5.41, 5.74) is 8.87. The van der Waals surface area contributed by atoms with Crippen LogP contribution in [-0.4, -0.2) is 22.2 Å². The topological polar surface area (TPSA) is 72.9 Å². The summed E-state index contributed by atoms with van der Waals surface area (Å²) in [6, 6.07) is 7.76. The lowest BCUT2D eigenvalue weighted by Crippen LogP contribution is -2.19. The Labute approximate surface area is 125 Å². The number of aromatic nitrogens is 2. The zero-order chi connectivity index (χ0) is 15.4. The van der Waals surface area contributed by atoms with E-state index in [0.717, 1.165) is 18.8 Å². The van der Waals surface area contributed by atoms with Crippen LogP contribution in [0.3, 0.4) is 0 Å². The van der Waals surface area contributed by atoms with Crippen molar-refractivity contribution in [2.24, 2.45) is 11.7 Å². The van der Waals surface area contributed by atoms with E-state index in [0.29, 0.717) is 5.92 Å². The first-order valence-corrected chi connectivity index (χ1v) is 7.13. The standard InChI is InChI=1S/C16H22N4O/c1-11(2)9-18-10-13-4-5-14(8-12(13)3)20-7-6-15(19-20)16(17)21/h4-8,11,18H,9-10H2,1-3H3,(H2,17,21). The predicted octanol–water partition coefficient (Wildman–Crippen LogP) is 2.03. The van der Waals surface area contributed by atoms with Gasteiger partial charge in [0.15, 0.2) is 0 Å². The molecule has 1 aromatic heterocycles. The molecule has 3 N–H and O–H groups in total. The molecule has 5 heteroatoms. The maximum absolute atomic E-state index is 11.1. The Kier molecular flexibility index (Phi) is 4.75. The Morgan fingerprint density at radius 2 is 2.14 bits per heavy atom. The second-order valence-electron chi connectivity index (χ2n) is 5.65. The van der Waals surface area contributed by atoms with Crippen LogP contribution < -0.4 is 11.1 Å². The predicted molar refractivity (Wildman–Crippen MR) is 83.4 cm³/mol. The van der Waals surface area contributed by atoms with E-state index in [1.165, 1.54) is 11.1 Å². The Morgan fingerprint density at radius 3 is 2.71 bits per heavy atom. The number of hydrogen-bond acceptors (Lipinski definition) is 3. The van der Waals surface area contributed by atoms with Gasteiger partial charge in [-0.2, -0.15) is 5.10 Å². The average Bonchev–Trinajstić information content (AvgIpc) is 2.90. The summed E-state index contributed by atoms with van der Waals surface area (Å²) in [5, 5.41) is 7.60. The van der Waals surface area contributed by atoms with Crippen LogP contribution in [0.25, 0.3) is 5.69 Å². The molecule has 0 saturated carbocycles. The van der Waals surface area contributed by atoms with Crippen LogP contribution in [0.2, 0.25) is 0 Å². The van der Waals surface area contributed by atoms with Crippen LogP contribution in [0.5, 0.6) is 0 Å². The second-order valence-corrected chi connectivity index (χ2v) is 5.65. The highest BCUT2D eigenvalue weighted by molar-refractivity contribution is 5.90. The Balaban J connectivity index is 2.12. The molecule has 2 rings (SSSR count). The van der Waals surface area contributed by atoms with Crippen molar-refractivity contribution in [2.75, 3.05) is 6.54 Å². The van der Waals surface area contributed by atoms with Crippen molar-refractivity contribution < 1.29 is 4.79 Å². The summed E-state index contributed by atoms with van der Waals surface area (Å²) >= 11 is 0. The lowest BCUT2D eigenvalue weighted by atomic mass is 10.1. The Hall–Kier alpha value is -2.14. The number of rotatable bonds is 6. The minimum Gasteiger partial charge on any atom is -0.364 e. The monoisotopic (exact) mass is 286 g/mol. The largest absolute Gasteiger partial charge is 0.364 e. The van der Waals surface area contributed by atoms with Gasteiger partial charge in [-0.1, -0.05) is 19.9 Å². The third-order valence-corrected chi connectivity index (χ3v) is 3.30. The number of nitrogens with zero attached hydrogens (tertiary/aromatic N) is 2. The molecule has 1 amide bonds. The molecule has 1 aromatic carbocycles. The first kappa shape index (κ1) is 15.3. The number of carbonyl (C=O) groups is 1. The van der Waals surface area contributed by atoms with Crippen molar-refractivity contribution in [3.63, 3.8) is 0 Å². The lowest BCUT2D eigenvalue weighted by molar-refractivity contribution is 0.0995. The van der Waals surface area contributed by atoms with Crippen LogP contribution in [-0.2, 0) is 6.54 Å². The molecule has 0 unspecified atom stereocenters. The minimum absolute atomic E-state index is 0.273. The number of aryl methyl sites for hydroxylation is 1. The number of nitrogens with one attached hydrogen (secondary N) is 1. The molecule has 112 valence electrons. The molecule has 0 aliphatic rings. The highest BCUT2D eigenvalue weighted by Gasteiger charge is 2.07. The third-order valence-electron chi connectivity index (χ3n) is 3.30. The highest BCUT2D eigenvalue weighted by Crippen LogP contribution is 2.14. The number of benzene rings is 1. The van der Waals surface area contributed by atoms with Gasteiger partial charge in [-0.25, -0.2) is 4.68 Å². The summed E-state index contributed by atoms with van der Waals surface area (Å²) in [6.07, 6.45) is 1.74. The van der Waals surface area contributed by atoms with Crippen molar-refractivity contribution in [2.45, 2.75) is 27.3 Å². The summed E-state index contributed by atoms with van der Waals surface area (Å²) in [7, 11) is 0. The fourth-order valence-electron chi connectivity index (χ4n) is 2.12. The Bertz CT molecular complexity index is 631. The van der Waals surface area contributed by atoms with Gasteiger partial charge in [0.2, 0.25) is 0 Å². The van der Waals surface area contributed by atoms with Crippen molar-refractivity contribution in [1.82, 2.24) is 15.1 Å². The molecule has 1 heterocycles. The molecule has 5 nitrogen and oxygen atoms in total. The third kappa shape index (κ3) is 3.92. The smallest absolute Gasteiger partial charge is 0.269 e. The molecule has 0 radical (unpaired) electrons. The van der Waals surface area contributed by atoms with E-state index >= 15 is 0 Å². The van der Waals surface area contributed by atoms with Gasteiger partial charge in [-0.15, -0.1) is 0 Å². The first-order chi connectivity index (χ1) is 9.97. The number of nitrogens with two attached hydrogens (primary N) is 1. The molecule has 0 aliphatic heterocycles. The van der Waals surface area contributed by atoms with Gasteiger partial charge in [-0.05, 0) is 48.7 Å². The van der Waals surface area contributed by atoms with Crippen molar-refractivity contribution >= 4 is 5.91 Å². The minimum atomic E-state index is -0.514. The summed E-state index contributed by atoms with van der Waals surface area (Å²) in [5.74, 6) is 0.126. The van der Waals surface area contributed by atoms with Gasteiger partial charge in [0.05, 0.1) is 5.69 Å². The zero-order valence-electron chi connectivity index (χ0n) is 12.8. The van der Waals surface area contributed by atoms with Crippen LogP contribution in [0.15, 0.2) is 30.5 Å². The molecule has 21 heavy (non-hydrogen) atoms. The van der Waals surface area contributed by atoms with Gasteiger partial charge in [-0.3, -0.25) is 4.79 Å². The molecule has 0 aliphatic carbocycles. The first-order valence-electron chi connectivity index (χ1n) is 7.13. The van der Waals surface area contributed by atoms with E-state index in [1.54, 1.807) is 16.9 Å². The molecular formula is C16H22N4O. The van der Waals surface area contributed by atoms with Crippen LogP contribution in [0, 0.1) is 12.8 Å². The van der Waals surface area contributed by atoms with E-state index in [2.05, 4.69) is 43.3 Å². The highest BCUT2D eigenvalue weighted by atomic mass is 16.1. The van der Waals surface area contributed by atoms with Gasteiger partial charge in [0, 0.05) is 12.7 Å². The van der Waals surface area contributed by atoms with Crippen LogP contribution >= 0.6 is 0 Å². The zero-order valence-corrected chi connectivity index (χ0v) is 12.8. The number of primary amides is 1. The van der Waals surface area contributed by atoms with E-state index in [1.807, 2.05) is 6.07 Å². The lowest BCUT2D eigenvalue weighted by Gasteiger charge is -2.11. The van der Waals surface area contributed by atoms with Gasteiger partial charge in [0.25, 0.3) is 5.91 Å². The molecule has 0 atom stereocenters. The van der Waals surface area contributed by atoms with E-state index in [4.69, 9.17) is 5.73 Å². The van der Waals surface area contributed by atoms with Gasteiger partial charge in [0.1, 0.15) is 5.69 Å². The number of hydrogen-bond donors (Lipinski definition) is 2. The molecule has 0 saturated heterocycles. The normalized spacial score (nSPS) is 11.0. The second kappa shape index (κ2) is 6.54. The Morgan fingerprint density at radius 1 is 1.38 bits per heavy atom. The quantitative estimate of drug-likeness (QED) is 0.853. The van der Waals surface area contributed by atoms with Gasteiger partial charge < -0.3 is 11.1 Å². The van der Waals surface area contributed by atoms with Crippen LogP contribution in [0.4, 0.5) is 0 Å². The van der Waals surface area contributed by atoms with Crippen molar-refractivity contribution in [3.05, 3.63) is 47.3 Å². The fraction of sp³-hybridized carbons (Fsp3) is 0.375. The molecule has 0 bridgehead atoms. The molecule has 0 spiro atoms. The average molecular weight is 286 g/mol. The van der Waals surface area contributed by atoms with E-state index in [-0.39, 0.29) is 5.69 Å². The molecule has 0 fully saturated rings. The van der Waals surface area contributed by atoms with E-state index < -0.39 is 5.91 Å². The van der Waals surface area contributed by atoms with Gasteiger partial charge >= 0.3 is 0 Å². The van der Waals surface area contributed by atoms with Crippen molar-refractivity contribution in [1.29, 1.82) is 0 Å². The summed E-state index contributed by atoms with van der Waals surface area (Å²) < 4.78 is 1.67.